The van der Waals surface area contributed by atoms with Crippen molar-refractivity contribution in [1.29, 1.82) is 0 Å². The molecule has 0 fully saturated rings. The topological polar surface area (TPSA) is 89.3 Å². The van der Waals surface area contributed by atoms with Crippen LogP contribution in [0.1, 0.15) is 15.9 Å². The van der Waals surface area contributed by atoms with Crippen molar-refractivity contribution in [3.05, 3.63) is 58.9 Å². The molecule has 2 aromatic heterocycles. The van der Waals surface area contributed by atoms with Crippen molar-refractivity contribution in [1.82, 2.24) is 8.96 Å². The highest BCUT2D eigenvalue weighted by Crippen LogP contribution is 2.30. The number of aryl methyl sites for hydroxylation is 1. The standard InChI is InChI=1S/C15H11ClN2O4S/c1-9-2-4-10(5-3-9)23(21,22)18-8-11(15(19)20)13-12(16)6-7-17-14(13)18/h2-8H,1H3,(H,19,20). The molecule has 0 radical (unpaired) electrons. The van der Waals surface area contributed by atoms with Crippen LogP contribution >= 0.6 is 11.6 Å². The van der Waals surface area contributed by atoms with Gasteiger partial charge in [0, 0.05) is 12.4 Å². The summed E-state index contributed by atoms with van der Waals surface area (Å²) in [6.45, 7) is 1.84. The fraction of sp³-hybridized carbons (Fsp3) is 0.0667. The van der Waals surface area contributed by atoms with Crippen LogP contribution in [0.2, 0.25) is 5.02 Å². The van der Waals surface area contributed by atoms with Crippen LogP contribution in [0.5, 0.6) is 0 Å². The second-order valence-electron chi connectivity index (χ2n) is 4.95. The van der Waals surface area contributed by atoms with Crippen LogP contribution in [0.15, 0.2) is 47.6 Å². The van der Waals surface area contributed by atoms with E-state index >= 15 is 0 Å². The minimum Gasteiger partial charge on any atom is -0.478 e. The van der Waals surface area contributed by atoms with Crippen molar-refractivity contribution in [2.24, 2.45) is 0 Å². The number of benzene rings is 1. The summed E-state index contributed by atoms with van der Waals surface area (Å²) in [6, 6.07) is 7.66. The highest BCUT2D eigenvalue weighted by atomic mass is 35.5. The van der Waals surface area contributed by atoms with E-state index in [-0.39, 0.29) is 26.5 Å². The first-order valence-corrected chi connectivity index (χ1v) is 8.35. The molecular weight excluding hydrogens is 340 g/mol. The van der Waals surface area contributed by atoms with Crippen molar-refractivity contribution >= 4 is 38.6 Å². The van der Waals surface area contributed by atoms with Crippen molar-refractivity contribution < 1.29 is 18.3 Å². The molecule has 0 unspecified atom stereocenters. The number of hydrogen-bond donors (Lipinski definition) is 1. The minimum atomic E-state index is -3.98. The Labute approximate surface area is 137 Å². The lowest BCUT2D eigenvalue weighted by Crippen LogP contribution is -2.12. The van der Waals surface area contributed by atoms with Gasteiger partial charge in [0.05, 0.1) is 20.9 Å². The zero-order chi connectivity index (χ0) is 16.8. The van der Waals surface area contributed by atoms with E-state index in [2.05, 4.69) is 4.98 Å². The van der Waals surface area contributed by atoms with Crippen LogP contribution in [0, 0.1) is 6.92 Å². The zero-order valence-electron chi connectivity index (χ0n) is 11.9. The fourth-order valence-corrected chi connectivity index (χ4v) is 3.82. The predicted octanol–water partition coefficient (Wildman–Crippen LogP) is 2.93. The number of carboxylic acid groups (broad SMARTS) is 1. The Morgan fingerprint density at radius 2 is 1.87 bits per heavy atom. The molecule has 0 amide bonds. The van der Waals surface area contributed by atoms with Gasteiger partial charge in [-0.15, -0.1) is 0 Å². The van der Waals surface area contributed by atoms with E-state index in [9.17, 15) is 18.3 Å². The Hall–Kier alpha value is -2.38. The van der Waals surface area contributed by atoms with Gasteiger partial charge >= 0.3 is 5.97 Å². The first kappa shape index (κ1) is 15.5. The third-order valence-corrected chi connectivity index (χ3v) is 5.39. The molecule has 0 bridgehead atoms. The summed E-state index contributed by atoms with van der Waals surface area (Å²) in [5.41, 5.74) is 0.679. The average molecular weight is 351 g/mol. The molecule has 6 nitrogen and oxygen atoms in total. The lowest BCUT2D eigenvalue weighted by atomic mass is 10.2. The number of aromatic nitrogens is 2. The summed E-state index contributed by atoms with van der Waals surface area (Å²) in [5, 5.41) is 9.52. The van der Waals surface area contributed by atoms with Crippen molar-refractivity contribution in [3.8, 4) is 0 Å². The van der Waals surface area contributed by atoms with E-state index in [4.69, 9.17) is 11.6 Å². The van der Waals surface area contributed by atoms with Gasteiger partial charge in [-0.3, -0.25) is 0 Å². The fourth-order valence-electron chi connectivity index (χ4n) is 2.26. The van der Waals surface area contributed by atoms with Gasteiger partial charge in [0.25, 0.3) is 10.0 Å². The number of carboxylic acids is 1. The number of halogens is 1. The zero-order valence-corrected chi connectivity index (χ0v) is 13.5. The Morgan fingerprint density at radius 1 is 1.22 bits per heavy atom. The number of fused-ring (bicyclic) bond motifs is 1. The molecule has 0 saturated heterocycles. The van der Waals surface area contributed by atoms with Gasteiger partial charge in [0.2, 0.25) is 0 Å². The number of carbonyl (C=O) groups is 1. The summed E-state index contributed by atoms with van der Waals surface area (Å²) in [6.07, 6.45) is 2.36. The largest absolute Gasteiger partial charge is 0.478 e. The third-order valence-electron chi connectivity index (χ3n) is 3.41. The van der Waals surface area contributed by atoms with Crippen LogP contribution in [-0.2, 0) is 10.0 Å². The van der Waals surface area contributed by atoms with Gasteiger partial charge in [-0.2, -0.15) is 0 Å². The molecule has 23 heavy (non-hydrogen) atoms. The van der Waals surface area contributed by atoms with Gasteiger partial charge in [-0.25, -0.2) is 22.2 Å². The SMILES string of the molecule is Cc1ccc(S(=O)(=O)n2cc(C(=O)O)c3c(Cl)ccnc32)cc1. The Morgan fingerprint density at radius 3 is 2.48 bits per heavy atom. The van der Waals surface area contributed by atoms with E-state index in [1.54, 1.807) is 12.1 Å². The molecule has 2 heterocycles. The van der Waals surface area contributed by atoms with Crippen LogP contribution in [-0.4, -0.2) is 28.5 Å². The smallest absolute Gasteiger partial charge is 0.338 e. The summed E-state index contributed by atoms with van der Waals surface area (Å²) in [5.74, 6) is -1.28. The maximum atomic E-state index is 12.8. The van der Waals surface area contributed by atoms with Crippen LogP contribution in [0.3, 0.4) is 0 Å². The second-order valence-corrected chi connectivity index (χ2v) is 7.18. The molecule has 0 atom stereocenters. The van der Waals surface area contributed by atoms with Crippen molar-refractivity contribution in [2.45, 2.75) is 11.8 Å². The molecule has 1 N–H and O–H groups in total. The molecular formula is C15H11ClN2O4S. The molecule has 8 heteroatoms. The number of rotatable bonds is 3. The summed E-state index contributed by atoms with van der Waals surface area (Å²) in [4.78, 5) is 15.4. The summed E-state index contributed by atoms with van der Waals surface area (Å²) >= 11 is 6.02. The highest BCUT2D eigenvalue weighted by molar-refractivity contribution is 7.90. The van der Waals surface area contributed by atoms with Gasteiger partial charge in [0.1, 0.15) is 0 Å². The molecule has 3 aromatic rings. The minimum absolute atomic E-state index is 0.0181. The molecule has 0 saturated carbocycles. The number of nitrogens with zero attached hydrogens (tertiary/aromatic N) is 2. The molecule has 0 aliphatic heterocycles. The van der Waals surface area contributed by atoms with E-state index in [0.29, 0.717) is 0 Å². The molecule has 0 aliphatic carbocycles. The summed E-state index contributed by atoms with van der Waals surface area (Å²) < 4.78 is 26.4. The maximum Gasteiger partial charge on any atom is 0.338 e. The van der Waals surface area contributed by atoms with Crippen molar-refractivity contribution in [3.63, 3.8) is 0 Å². The second kappa shape index (κ2) is 5.36. The molecule has 1 aromatic carbocycles. The third kappa shape index (κ3) is 2.47. The maximum absolute atomic E-state index is 12.8. The Kier molecular flexibility index (Phi) is 3.62. The first-order chi connectivity index (χ1) is 10.8. The van der Waals surface area contributed by atoms with Crippen LogP contribution < -0.4 is 0 Å². The lowest BCUT2D eigenvalue weighted by molar-refractivity contribution is 0.0699. The Balaban J connectivity index is 2.34. The molecule has 0 spiro atoms. The van der Waals surface area contributed by atoms with E-state index < -0.39 is 16.0 Å². The molecule has 118 valence electrons. The number of pyridine rings is 1. The van der Waals surface area contributed by atoms with Gasteiger partial charge < -0.3 is 5.11 Å². The lowest BCUT2D eigenvalue weighted by Gasteiger charge is -2.07. The predicted molar refractivity (Wildman–Crippen MR) is 85.5 cm³/mol. The van der Waals surface area contributed by atoms with Crippen LogP contribution in [0.4, 0.5) is 0 Å². The molecule has 3 rings (SSSR count). The monoisotopic (exact) mass is 350 g/mol. The van der Waals surface area contributed by atoms with Gasteiger partial charge in [-0.1, -0.05) is 29.3 Å². The van der Waals surface area contributed by atoms with E-state index in [0.717, 1.165) is 15.7 Å². The highest BCUT2D eigenvalue weighted by Gasteiger charge is 2.25. The van der Waals surface area contributed by atoms with Gasteiger partial charge in [0.15, 0.2) is 5.65 Å². The van der Waals surface area contributed by atoms with E-state index in [1.165, 1.54) is 24.4 Å². The quantitative estimate of drug-likeness (QED) is 0.784. The van der Waals surface area contributed by atoms with E-state index in [1.807, 2.05) is 6.92 Å². The number of hydrogen-bond acceptors (Lipinski definition) is 4. The Bertz CT molecular complexity index is 1020. The average Bonchev–Trinajstić information content (AvgIpc) is 2.89. The van der Waals surface area contributed by atoms with Gasteiger partial charge in [-0.05, 0) is 25.1 Å². The van der Waals surface area contributed by atoms with Crippen LogP contribution in [0.25, 0.3) is 11.0 Å². The number of aromatic carboxylic acids is 1. The summed E-state index contributed by atoms with van der Waals surface area (Å²) in [7, 11) is -3.98. The first-order valence-electron chi connectivity index (χ1n) is 6.53. The van der Waals surface area contributed by atoms with Crippen molar-refractivity contribution in [2.75, 3.05) is 0 Å². The molecule has 0 aliphatic rings. The normalized spacial score (nSPS) is 11.7.